The molecular weight excluding hydrogens is 180 g/mol. The molecule has 1 aromatic heterocycles. The highest BCUT2D eigenvalue weighted by Crippen LogP contribution is 2.04. The Morgan fingerprint density at radius 2 is 2.57 bits per heavy atom. The van der Waals surface area contributed by atoms with Gasteiger partial charge in [-0.05, 0) is 19.9 Å². The van der Waals surface area contributed by atoms with Gasteiger partial charge in [-0.25, -0.2) is 0 Å². The summed E-state index contributed by atoms with van der Waals surface area (Å²) in [6.07, 6.45) is 2.57. The fraction of sp³-hybridized carbons (Fsp3) is 0.556. The first kappa shape index (κ1) is 9.21. The third-order valence-electron chi connectivity index (χ3n) is 2.47. The topological polar surface area (TPSA) is 69.8 Å². The minimum atomic E-state index is -0.0371. The molecule has 1 aromatic rings. The number of aromatic amines is 1. The zero-order chi connectivity index (χ0) is 9.97. The van der Waals surface area contributed by atoms with Gasteiger partial charge in [0.1, 0.15) is 0 Å². The summed E-state index contributed by atoms with van der Waals surface area (Å²) in [4.78, 5) is 11.7. The number of nitrogens with one attached hydrogen (secondary N) is 3. The van der Waals surface area contributed by atoms with E-state index >= 15 is 0 Å². The van der Waals surface area contributed by atoms with Gasteiger partial charge in [-0.3, -0.25) is 9.89 Å². The van der Waals surface area contributed by atoms with Crippen molar-refractivity contribution in [1.82, 2.24) is 20.8 Å². The van der Waals surface area contributed by atoms with Gasteiger partial charge in [0.25, 0.3) is 5.91 Å². The summed E-state index contributed by atoms with van der Waals surface area (Å²) >= 11 is 0. The summed E-state index contributed by atoms with van der Waals surface area (Å²) in [5.74, 6) is -0.0371. The van der Waals surface area contributed by atoms with Crippen LogP contribution in [0.4, 0.5) is 0 Å². The maximum Gasteiger partial charge on any atom is 0.254 e. The fourth-order valence-electron chi connectivity index (χ4n) is 1.62. The van der Waals surface area contributed by atoms with Crippen molar-refractivity contribution in [2.24, 2.45) is 0 Å². The van der Waals surface area contributed by atoms with Crippen LogP contribution >= 0.6 is 0 Å². The highest BCUT2D eigenvalue weighted by atomic mass is 16.1. The van der Waals surface area contributed by atoms with Gasteiger partial charge in [0.05, 0.1) is 11.8 Å². The highest BCUT2D eigenvalue weighted by Gasteiger charge is 2.18. The molecule has 1 saturated heterocycles. The Hall–Kier alpha value is -1.36. The number of aromatic nitrogens is 2. The van der Waals surface area contributed by atoms with Crippen molar-refractivity contribution in [3.63, 3.8) is 0 Å². The molecule has 0 bridgehead atoms. The number of carbonyl (C=O) groups is 1. The van der Waals surface area contributed by atoms with Crippen LogP contribution in [-0.2, 0) is 0 Å². The molecule has 5 nitrogen and oxygen atoms in total. The Morgan fingerprint density at radius 1 is 1.71 bits per heavy atom. The first-order valence-electron chi connectivity index (χ1n) is 4.79. The fourth-order valence-corrected chi connectivity index (χ4v) is 1.62. The Labute approximate surface area is 82.3 Å². The van der Waals surface area contributed by atoms with E-state index in [0.29, 0.717) is 5.56 Å². The lowest BCUT2D eigenvalue weighted by Crippen LogP contribution is -2.36. The molecule has 2 heterocycles. The molecule has 1 aliphatic heterocycles. The number of rotatable bonds is 2. The van der Waals surface area contributed by atoms with Crippen molar-refractivity contribution in [3.05, 3.63) is 17.5 Å². The van der Waals surface area contributed by atoms with Crippen LogP contribution in [0.15, 0.2) is 6.20 Å². The lowest BCUT2D eigenvalue weighted by atomic mass is 10.2. The van der Waals surface area contributed by atoms with Gasteiger partial charge in [-0.1, -0.05) is 0 Å². The standard InChI is InChI=1S/C9H14N4O/c1-6-8(5-11-13-6)9(14)12-7-2-3-10-4-7/h5,7,10H,2-4H2,1H3,(H,11,13)(H,12,14)/t7-/m1/s1. The van der Waals surface area contributed by atoms with Gasteiger partial charge in [0.2, 0.25) is 0 Å². The van der Waals surface area contributed by atoms with Crippen LogP contribution in [0, 0.1) is 6.92 Å². The quantitative estimate of drug-likeness (QED) is 0.611. The lowest BCUT2D eigenvalue weighted by Gasteiger charge is -2.10. The third-order valence-corrected chi connectivity index (χ3v) is 2.47. The van der Waals surface area contributed by atoms with E-state index in [0.717, 1.165) is 25.2 Å². The van der Waals surface area contributed by atoms with Gasteiger partial charge in [-0.2, -0.15) is 5.10 Å². The largest absolute Gasteiger partial charge is 0.348 e. The Morgan fingerprint density at radius 3 is 3.14 bits per heavy atom. The third kappa shape index (κ3) is 1.77. The maximum absolute atomic E-state index is 11.7. The normalized spacial score (nSPS) is 21.1. The van der Waals surface area contributed by atoms with E-state index < -0.39 is 0 Å². The summed E-state index contributed by atoms with van der Waals surface area (Å²) in [6.45, 7) is 3.69. The maximum atomic E-state index is 11.7. The minimum absolute atomic E-state index is 0.0371. The second kappa shape index (κ2) is 3.79. The summed E-state index contributed by atoms with van der Waals surface area (Å²) in [7, 11) is 0. The molecule has 1 aliphatic rings. The number of aryl methyl sites for hydroxylation is 1. The van der Waals surface area contributed by atoms with Crippen molar-refractivity contribution >= 4 is 5.91 Å². The lowest BCUT2D eigenvalue weighted by molar-refractivity contribution is 0.0939. The van der Waals surface area contributed by atoms with E-state index in [2.05, 4.69) is 20.8 Å². The molecule has 0 aliphatic carbocycles. The first-order chi connectivity index (χ1) is 6.77. The second-order valence-electron chi connectivity index (χ2n) is 3.57. The second-order valence-corrected chi connectivity index (χ2v) is 3.57. The van der Waals surface area contributed by atoms with Gasteiger partial charge in [0, 0.05) is 18.3 Å². The van der Waals surface area contributed by atoms with Gasteiger partial charge in [0.15, 0.2) is 0 Å². The predicted molar refractivity (Wildman–Crippen MR) is 52.1 cm³/mol. The Bertz CT molecular complexity index is 327. The number of hydrogen-bond acceptors (Lipinski definition) is 3. The number of nitrogens with zero attached hydrogens (tertiary/aromatic N) is 1. The number of H-pyrrole nitrogens is 1. The number of carbonyl (C=O) groups excluding carboxylic acids is 1. The van der Waals surface area contributed by atoms with Crippen LogP contribution in [0.2, 0.25) is 0 Å². The summed E-state index contributed by atoms with van der Waals surface area (Å²) < 4.78 is 0. The molecule has 1 atom stereocenters. The highest BCUT2D eigenvalue weighted by molar-refractivity contribution is 5.95. The van der Waals surface area contributed by atoms with Gasteiger partial charge in [-0.15, -0.1) is 0 Å². The van der Waals surface area contributed by atoms with Crippen LogP contribution in [0.5, 0.6) is 0 Å². The molecule has 1 amide bonds. The van der Waals surface area contributed by atoms with Crippen LogP contribution in [0.1, 0.15) is 22.5 Å². The summed E-state index contributed by atoms with van der Waals surface area (Å²) in [5.41, 5.74) is 1.45. The van der Waals surface area contributed by atoms with E-state index in [-0.39, 0.29) is 11.9 Å². The van der Waals surface area contributed by atoms with Crippen molar-refractivity contribution in [1.29, 1.82) is 0 Å². The number of amides is 1. The molecule has 1 fully saturated rings. The summed E-state index contributed by atoms with van der Waals surface area (Å²) in [6, 6.07) is 0.261. The average molecular weight is 194 g/mol. The van der Waals surface area contributed by atoms with Crippen molar-refractivity contribution < 1.29 is 4.79 Å². The monoisotopic (exact) mass is 194 g/mol. The minimum Gasteiger partial charge on any atom is -0.348 e. The first-order valence-corrected chi connectivity index (χ1v) is 4.79. The average Bonchev–Trinajstić information content (AvgIpc) is 2.75. The van der Waals surface area contributed by atoms with Crippen LogP contribution < -0.4 is 10.6 Å². The van der Waals surface area contributed by atoms with Crippen LogP contribution in [0.3, 0.4) is 0 Å². The molecule has 0 saturated carbocycles. The Balaban J connectivity index is 1.98. The van der Waals surface area contributed by atoms with Crippen LogP contribution in [0.25, 0.3) is 0 Å². The van der Waals surface area contributed by atoms with E-state index in [1.54, 1.807) is 6.20 Å². The molecule has 0 radical (unpaired) electrons. The molecule has 3 N–H and O–H groups in total. The number of hydrogen-bond donors (Lipinski definition) is 3. The van der Waals surface area contributed by atoms with Gasteiger partial charge >= 0.3 is 0 Å². The zero-order valence-electron chi connectivity index (χ0n) is 8.13. The van der Waals surface area contributed by atoms with E-state index in [4.69, 9.17) is 0 Å². The molecule has 2 rings (SSSR count). The van der Waals surface area contributed by atoms with E-state index in [1.165, 1.54) is 0 Å². The van der Waals surface area contributed by atoms with Gasteiger partial charge < -0.3 is 10.6 Å². The Kier molecular flexibility index (Phi) is 2.49. The smallest absolute Gasteiger partial charge is 0.254 e. The summed E-state index contributed by atoms with van der Waals surface area (Å²) in [5, 5.41) is 12.7. The zero-order valence-corrected chi connectivity index (χ0v) is 8.13. The molecule has 14 heavy (non-hydrogen) atoms. The van der Waals surface area contributed by atoms with E-state index in [1.807, 2.05) is 6.92 Å². The molecule has 5 heteroatoms. The molecule has 0 spiro atoms. The molecule has 76 valence electrons. The van der Waals surface area contributed by atoms with Crippen molar-refractivity contribution in [2.75, 3.05) is 13.1 Å². The van der Waals surface area contributed by atoms with Crippen molar-refractivity contribution in [2.45, 2.75) is 19.4 Å². The molecular formula is C9H14N4O. The van der Waals surface area contributed by atoms with Crippen LogP contribution in [-0.4, -0.2) is 35.2 Å². The molecule has 0 unspecified atom stereocenters. The SMILES string of the molecule is Cc1[nH]ncc1C(=O)N[C@@H]1CCNC1. The predicted octanol–water partition coefficient (Wildman–Crippen LogP) is -0.190. The molecule has 0 aromatic carbocycles. The van der Waals surface area contributed by atoms with Crippen molar-refractivity contribution in [3.8, 4) is 0 Å². The van der Waals surface area contributed by atoms with E-state index in [9.17, 15) is 4.79 Å².